The molecule has 2 atom stereocenters. The second-order valence-corrected chi connectivity index (χ2v) is 5.40. The molecule has 1 spiro atoms. The zero-order valence-electron chi connectivity index (χ0n) is 8.60. The number of hydrogen-bond donors (Lipinski definition) is 0. The van der Waals surface area contributed by atoms with Crippen LogP contribution in [0.4, 0.5) is 0 Å². The zero-order chi connectivity index (χ0) is 8.60. The lowest BCUT2D eigenvalue weighted by atomic mass is 9.65. The minimum Gasteiger partial charge on any atom is -0.0623 e. The summed E-state index contributed by atoms with van der Waals surface area (Å²) in [6, 6.07) is 0. The second kappa shape index (κ2) is 3.05. The molecule has 0 heterocycles. The fourth-order valence-electron chi connectivity index (χ4n) is 3.38. The van der Waals surface area contributed by atoms with E-state index < -0.39 is 0 Å². The highest BCUT2D eigenvalue weighted by Gasteiger charge is 2.39. The summed E-state index contributed by atoms with van der Waals surface area (Å²) in [5, 5.41) is 0. The maximum absolute atomic E-state index is 2.46. The lowest BCUT2D eigenvalue weighted by Crippen LogP contribution is -2.29. The summed E-state index contributed by atoms with van der Waals surface area (Å²) in [5.41, 5.74) is 0.825. The normalized spacial score (nSPS) is 40.5. The van der Waals surface area contributed by atoms with Gasteiger partial charge in [-0.25, -0.2) is 0 Å². The fraction of sp³-hybridized carbons (Fsp3) is 1.00. The monoisotopic (exact) mass is 166 g/mol. The molecule has 0 bridgehead atoms. The Hall–Kier alpha value is 0. The van der Waals surface area contributed by atoms with Crippen LogP contribution in [-0.2, 0) is 0 Å². The molecule has 0 aliphatic heterocycles. The largest absolute Gasteiger partial charge is 0.0623 e. The van der Waals surface area contributed by atoms with E-state index in [0.717, 1.165) is 17.3 Å². The van der Waals surface area contributed by atoms with Crippen molar-refractivity contribution in [1.82, 2.24) is 0 Å². The SMILES string of the molecule is CC1CCC2(CCCC2)CC1C. The van der Waals surface area contributed by atoms with Gasteiger partial charge in [-0.2, -0.15) is 0 Å². The Balaban J connectivity index is 2.01. The Morgan fingerprint density at radius 3 is 2.17 bits per heavy atom. The van der Waals surface area contributed by atoms with Crippen molar-refractivity contribution in [2.75, 3.05) is 0 Å². The van der Waals surface area contributed by atoms with Crippen molar-refractivity contribution in [2.45, 2.75) is 58.8 Å². The standard InChI is InChI=1S/C12H22/c1-10-5-8-12(9-11(10)2)6-3-4-7-12/h10-11H,3-9H2,1-2H3. The Kier molecular flexibility index (Phi) is 2.18. The zero-order valence-corrected chi connectivity index (χ0v) is 8.60. The molecular weight excluding hydrogens is 144 g/mol. The third-order valence-electron chi connectivity index (χ3n) is 4.52. The van der Waals surface area contributed by atoms with Gasteiger partial charge in [-0.05, 0) is 49.4 Å². The first-order valence-electron chi connectivity index (χ1n) is 5.72. The average molecular weight is 166 g/mol. The van der Waals surface area contributed by atoms with Crippen molar-refractivity contribution < 1.29 is 0 Å². The smallest absolute Gasteiger partial charge is 0.0295 e. The Morgan fingerprint density at radius 2 is 1.58 bits per heavy atom. The Morgan fingerprint density at radius 1 is 0.917 bits per heavy atom. The van der Waals surface area contributed by atoms with Crippen LogP contribution in [0, 0.1) is 17.3 Å². The van der Waals surface area contributed by atoms with E-state index in [4.69, 9.17) is 0 Å². The summed E-state index contributed by atoms with van der Waals surface area (Å²) in [5.74, 6) is 1.99. The molecule has 2 fully saturated rings. The van der Waals surface area contributed by atoms with Crippen LogP contribution in [0.1, 0.15) is 58.8 Å². The lowest BCUT2D eigenvalue weighted by molar-refractivity contribution is 0.110. The van der Waals surface area contributed by atoms with Crippen LogP contribution in [0.25, 0.3) is 0 Å². The molecule has 2 unspecified atom stereocenters. The maximum Gasteiger partial charge on any atom is -0.0295 e. The summed E-state index contributed by atoms with van der Waals surface area (Å²) < 4.78 is 0. The molecular formula is C12H22. The van der Waals surface area contributed by atoms with Crippen molar-refractivity contribution in [3.05, 3.63) is 0 Å². The van der Waals surface area contributed by atoms with Crippen LogP contribution >= 0.6 is 0 Å². The molecule has 0 nitrogen and oxygen atoms in total. The van der Waals surface area contributed by atoms with Crippen molar-refractivity contribution in [1.29, 1.82) is 0 Å². The van der Waals surface area contributed by atoms with E-state index in [2.05, 4.69) is 13.8 Å². The fourth-order valence-corrected chi connectivity index (χ4v) is 3.38. The molecule has 0 aromatic heterocycles. The van der Waals surface area contributed by atoms with Gasteiger partial charge in [0.1, 0.15) is 0 Å². The minimum atomic E-state index is 0.825. The lowest BCUT2D eigenvalue weighted by Gasteiger charge is -2.40. The van der Waals surface area contributed by atoms with E-state index in [1.54, 1.807) is 19.3 Å². The average Bonchev–Trinajstić information content (AvgIpc) is 2.47. The van der Waals surface area contributed by atoms with E-state index in [1.165, 1.54) is 25.7 Å². The van der Waals surface area contributed by atoms with Gasteiger partial charge >= 0.3 is 0 Å². The van der Waals surface area contributed by atoms with Crippen LogP contribution in [0.15, 0.2) is 0 Å². The highest BCUT2D eigenvalue weighted by atomic mass is 14.4. The van der Waals surface area contributed by atoms with Crippen molar-refractivity contribution in [3.63, 3.8) is 0 Å². The molecule has 2 rings (SSSR count). The van der Waals surface area contributed by atoms with Gasteiger partial charge in [0.25, 0.3) is 0 Å². The van der Waals surface area contributed by atoms with E-state index >= 15 is 0 Å². The molecule has 0 amide bonds. The summed E-state index contributed by atoms with van der Waals surface area (Å²) >= 11 is 0. The van der Waals surface area contributed by atoms with Crippen molar-refractivity contribution in [2.24, 2.45) is 17.3 Å². The van der Waals surface area contributed by atoms with Crippen LogP contribution in [0.5, 0.6) is 0 Å². The van der Waals surface area contributed by atoms with Gasteiger partial charge in [0, 0.05) is 0 Å². The highest BCUT2D eigenvalue weighted by Crippen LogP contribution is 2.51. The van der Waals surface area contributed by atoms with E-state index in [0.29, 0.717) is 0 Å². The van der Waals surface area contributed by atoms with Crippen LogP contribution in [0.3, 0.4) is 0 Å². The van der Waals surface area contributed by atoms with Crippen LogP contribution < -0.4 is 0 Å². The molecule has 0 aromatic rings. The van der Waals surface area contributed by atoms with Gasteiger partial charge < -0.3 is 0 Å². The van der Waals surface area contributed by atoms with Gasteiger partial charge in [0.2, 0.25) is 0 Å². The molecule has 70 valence electrons. The topological polar surface area (TPSA) is 0 Å². The Bertz CT molecular complexity index is 153. The number of hydrogen-bond acceptors (Lipinski definition) is 0. The third-order valence-corrected chi connectivity index (χ3v) is 4.52. The summed E-state index contributed by atoms with van der Waals surface area (Å²) in [7, 11) is 0. The van der Waals surface area contributed by atoms with Gasteiger partial charge in [0.15, 0.2) is 0 Å². The van der Waals surface area contributed by atoms with Gasteiger partial charge in [-0.15, -0.1) is 0 Å². The molecule has 0 N–H and O–H groups in total. The second-order valence-electron chi connectivity index (χ2n) is 5.40. The first kappa shape index (κ1) is 8.59. The van der Waals surface area contributed by atoms with Gasteiger partial charge in [0.05, 0.1) is 0 Å². The Labute approximate surface area is 76.7 Å². The predicted molar refractivity (Wildman–Crippen MR) is 53.1 cm³/mol. The molecule has 0 saturated heterocycles. The molecule has 2 saturated carbocycles. The molecule has 0 heteroatoms. The van der Waals surface area contributed by atoms with Crippen LogP contribution in [-0.4, -0.2) is 0 Å². The maximum atomic E-state index is 2.46. The van der Waals surface area contributed by atoms with E-state index in [9.17, 15) is 0 Å². The van der Waals surface area contributed by atoms with Crippen LogP contribution in [0.2, 0.25) is 0 Å². The van der Waals surface area contributed by atoms with Crippen molar-refractivity contribution in [3.8, 4) is 0 Å². The summed E-state index contributed by atoms with van der Waals surface area (Å²) in [4.78, 5) is 0. The first-order valence-corrected chi connectivity index (χ1v) is 5.72. The molecule has 2 aliphatic rings. The minimum absolute atomic E-state index is 0.825. The highest BCUT2D eigenvalue weighted by molar-refractivity contribution is 4.90. The molecule has 0 aromatic carbocycles. The molecule has 2 aliphatic carbocycles. The van der Waals surface area contributed by atoms with Gasteiger partial charge in [-0.1, -0.05) is 26.7 Å². The first-order chi connectivity index (χ1) is 5.72. The quantitative estimate of drug-likeness (QED) is 0.510. The summed E-state index contributed by atoms with van der Waals surface area (Å²) in [6.07, 6.45) is 10.7. The number of rotatable bonds is 0. The molecule has 0 radical (unpaired) electrons. The van der Waals surface area contributed by atoms with E-state index in [-0.39, 0.29) is 0 Å². The van der Waals surface area contributed by atoms with Crippen molar-refractivity contribution >= 4 is 0 Å². The van der Waals surface area contributed by atoms with Gasteiger partial charge in [-0.3, -0.25) is 0 Å². The van der Waals surface area contributed by atoms with E-state index in [1.807, 2.05) is 0 Å². The summed E-state index contributed by atoms with van der Waals surface area (Å²) in [6.45, 7) is 4.90. The third kappa shape index (κ3) is 1.41. The predicted octanol–water partition coefficient (Wildman–Crippen LogP) is 4.00. The molecule has 12 heavy (non-hydrogen) atoms.